The first kappa shape index (κ1) is 30.1. The van der Waals surface area contributed by atoms with E-state index in [4.69, 9.17) is 11.6 Å². The summed E-state index contributed by atoms with van der Waals surface area (Å²) >= 11 is 6.32. The lowest BCUT2D eigenvalue weighted by Crippen LogP contribution is -2.50. The van der Waals surface area contributed by atoms with Gasteiger partial charge in [0.1, 0.15) is 0 Å². The van der Waals surface area contributed by atoms with Crippen LogP contribution in [0.3, 0.4) is 0 Å². The molecular weight excluding hydrogens is 555 g/mol. The van der Waals surface area contributed by atoms with Crippen molar-refractivity contribution in [2.75, 3.05) is 33.2 Å². The fourth-order valence-corrected chi connectivity index (χ4v) is 7.93. The van der Waals surface area contributed by atoms with Crippen LogP contribution in [0.4, 0.5) is 4.79 Å². The van der Waals surface area contributed by atoms with Gasteiger partial charge in [-0.3, -0.25) is 0 Å². The van der Waals surface area contributed by atoms with Crippen molar-refractivity contribution in [1.82, 2.24) is 19.4 Å². The lowest BCUT2D eigenvalue weighted by Gasteiger charge is -2.40. The molecule has 2 heterocycles. The molecule has 2 amide bonds. The summed E-state index contributed by atoms with van der Waals surface area (Å²) in [5.74, 6) is 0.0160. The normalized spacial score (nSPS) is 23.3. The number of urea groups is 1. The molecule has 214 valence electrons. The van der Waals surface area contributed by atoms with E-state index < -0.39 is 10.0 Å². The monoisotopic (exact) mass is 594 g/mol. The van der Waals surface area contributed by atoms with Crippen molar-refractivity contribution in [2.24, 2.45) is 0 Å². The first-order chi connectivity index (χ1) is 18.3. The maximum atomic E-state index is 13.2. The van der Waals surface area contributed by atoms with Gasteiger partial charge < -0.3 is 15.1 Å². The molecular formula is C29H40Cl2N4O3S. The van der Waals surface area contributed by atoms with Gasteiger partial charge in [-0.15, -0.1) is 12.4 Å². The zero-order valence-corrected chi connectivity index (χ0v) is 24.9. The molecule has 3 unspecified atom stereocenters. The Bertz CT molecular complexity index is 1210. The molecule has 2 aliphatic heterocycles. The number of nitrogens with zero attached hydrogens (tertiary/aromatic N) is 3. The van der Waals surface area contributed by atoms with E-state index in [-0.39, 0.29) is 24.4 Å². The highest BCUT2D eigenvalue weighted by atomic mass is 35.5. The Morgan fingerprint density at radius 3 is 2.46 bits per heavy atom. The van der Waals surface area contributed by atoms with E-state index in [0.717, 1.165) is 57.3 Å². The molecule has 0 radical (unpaired) electrons. The number of likely N-dealkylation sites (tertiary alicyclic amines) is 1. The van der Waals surface area contributed by atoms with Crippen LogP contribution in [0.1, 0.15) is 56.4 Å². The molecule has 10 heteroatoms. The predicted octanol–water partition coefficient (Wildman–Crippen LogP) is 5.36. The fraction of sp³-hybridized carbons (Fsp3) is 0.552. The van der Waals surface area contributed by atoms with Crippen molar-refractivity contribution < 1.29 is 13.2 Å². The highest BCUT2D eigenvalue weighted by Crippen LogP contribution is 2.33. The average Bonchev–Trinajstić information content (AvgIpc) is 3.27. The highest BCUT2D eigenvalue weighted by molar-refractivity contribution is 7.89. The van der Waals surface area contributed by atoms with Crippen LogP contribution < -0.4 is 5.32 Å². The molecule has 3 atom stereocenters. The number of carbonyl (C=O) groups excluding carboxylic acids is 1. The van der Waals surface area contributed by atoms with Crippen LogP contribution in [0.5, 0.6) is 0 Å². The zero-order valence-electron chi connectivity index (χ0n) is 22.5. The Labute approximate surface area is 244 Å². The molecule has 1 N–H and O–H groups in total. The lowest BCUT2D eigenvalue weighted by atomic mass is 9.89. The number of likely N-dealkylation sites (N-methyl/N-ethyl adjacent to an activating group) is 1. The van der Waals surface area contributed by atoms with Gasteiger partial charge >= 0.3 is 6.03 Å². The number of fused-ring (bicyclic) bond motifs is 1. The molecule has 2 aromatic carbocycles. The van der Waals surface area contributed by atoms with Gasteiger partial charge in [0.15, 0.2) is 0 Å². The topological polar surface area (TPSA) is 73.0 Å². The number of rotatable bonds is 9. The number of piperidine rings is 1. The van der Waals surface area contributed by atoms with Crippen LogP contribution in [0.2, 0.25) is 5.02 Å². The third kappa shape index (κ3) is 6.91. The summed E-state index contributed by atoms with van der Waals surface area (Å²) in [6, 6.07) is 17.5. The second-order valence-electron chi connectivity index (χ2n) is 11.0. The smallest absolute Gasteiger partial charge is 0.318 e. The molecule has 1 saturated carbocycles. The van der Waals surface area contributed by atoms with Crippen molar-refractivity contribution in [2.45, 2.75) is 73.9 Å². The summed E-state index contributed by atoms with van der Waals surface area (Å²) in [7, 11) is -1.93. The van der Waals surface area contributed by atoms with Crippen molar-refractivity contribution in [1.29, 1.82) is 0 Å². The lowest BCUT2D eigenvalue weighted by molar-refractivity contribution is 0.100. The molecule has 2 aromatic rings. The zero-order chi connectivity index (χ0) is 26.7. The van der Waals surface area contributed by atoms with E-state index >= 15 is 0 Å². The van der Waals surface area contributed by atoms with Crippen LogP contribution in [0, 0.1) is 0 Å². The third-order valence-corrected chi connectivity index (χ3v) is 10.7. The van der Waals surface area contributed by atoms with E-state index in [0.29, 0.717) is 34.6 Å². The van der Waals surface area contributed by atoms with Gasteiger partial charge in [0.25, 0.3) is 0 Å². The molecule has 1 aliphatic carbocycles. The van der Waals surface area contributed by atoms with E-state index in [1.807, 2.05) is 30.3 Å². The number of amides is 2. The molecule has 0 spiro atoms. The third-order valence-electron chi connectivity index (χ3n) is 8.62. The Kier molecular flexibility index (Phi) is 10.2. The minimum Gasteiger partial charge on any atom is -0.333 e. The van der Waals surface area contributed by atoms with E-state index in [9.17, 15) is 13.2 Å². The van der Waals surface area contributed by atoms with Crippen LogP contribution >= 0.6 is 24.0 Å². The summed E-state index contributed by atoms with van der Waals surface area (Å²) in [6.07, 6.45) is 7.44. The average molecular weight is 596 g/mol. The number of nitrogens with one attached hydrogen (secondary N) is 1. The number of benzene rings is 2. The summed E-state index contributed by atoms with van der Waals surface area (Å²) in [5, 5.41) is 3.89. The van der Waals surface area contributed by atoms with Gasteiger partial charge in [-0.05, 0) is 74.4 Å². The minimum absolute atomic E-state index is 0. The molecule has 3 aliphatic rings. The number of sulfonamides is 1. The molecule has 0 aromatic heterocycles. The van der Waals surface area contributed by atoms with Gasteiger partial charge in [-0.2, -0.15) is 0 Å². The van der Waals surface area contributed by atoms with E-state index in [1.165, 1.54) is 17.1 Å². The summed E-state index contributed by atoms with van der Waals surface area (Å²) < 4.78 is 27.9. The number of halogens is 2. The maximum Gasteiger partial charge on any atom is 0.318 e. The minimum atomic E-state index is -3.58. The van der Waals surface area contributed by atoms with Crippen LogP contribution in [0.25, 0.3) is 0 Å². The summed E-state index contributed by atoms with van der Waals surface area (Å²) in [4.78, 5) is 17.7. The maximum absolute atomic E-state index is 13.2. The Morgan fingerprint density at radius 2 is 1.74 bits per heavy atom. The van der Waals surface area contributed by atoms with Gasteiger partial charge in [-0.1, -0.05) is 54.8 Å². The van der Waals surface area contributed by atoms with Gasteiger partial charge in [0.05, 0.1) is 17.0 Å². The van der Waals surface area contributed by atoms with Crippen molar-refractivity contribution >= 4 is 40.1 Å². The van der Waals surface area contributed by atoms with Gasteiger partial charge in [0, 0.05) is 37.7 Å². The molecule has 5 rings (SSSR count). The Balaban J connectivity index is 0.00000353. The van der Waals surface area contributed by atoms with Gasteiger partial charge in [-0.25, -0.2) is 17.5 Å². The molecule has 7 nitrogen and oxygen atoms in total. The molecule has 39 heavy (non-hydrogen) atoms. The first-order valence-corrected chi connectivity index (χ1v) is 15.7. The molecule has 0 bridgehead atoms. The largest absolute Gasteiger partial charge is 0.333 e. The summed E-state index contributed by atoms with van der Waals surface area (Å²) in [5.41, 5.74) is 1.06. The highest BCUT2D eigenvalue weighted by Gasteiger charge is 2.44. The number of carbonyl (C=O) groups is 1. The van der Waals surface area contributed by atoms with Crippen LogP contribution in [0.15, 0.2) is 59.5 Å². The molecule has 2 saturated heterocycles. The second kappa shape index (κ2) is 13.2. The quantitative estimate of drug-likeness (QED) is 0.424. The van der Waals surface area contributed by atoms with Crippen molar-refractivity contribution in [3.63, 3.8) is 0 Å². The second-order valence-corrected chi connectivity index (χ2v) is 13.5. The number of hydrogen-bond acceptors (Lipinski definition) is 4. The molecule has 3 fully saturated rings. The van der Waals surface area contributed by atoms with Gasteiger partial charge in [0.2, 0.25) is 10.0 Å². The van der Waals surface area contributed by atoms with Crippen LogP contribution in [-0.2, 0) is 10.0 Å². The van der Waals surface area contributed by atoms with Crippen LogP contribution in [-0.4, -0.2) is 79.9 Å². The SMILES string of the molecule is CN(CC(CCN1CCC(N2C(=O)NC3CCCCC32)CC1)c1cccc(Cl)c1)S(=O)(=O)c1ccccc1.Cl. The summed E-state index contributed by atoms with van der Waals surface area (Å²) in [6.45, 7) is 3.16. The number of hydrogen-bond donors (Lipinski definition) is 1. The van der Waals surface area contributed by atoms with Crippen molar-refractivity contribution in [3.8, 4) is 0 Å². The van der Waals surface area contributed by atoms with E-state index in [1.54, 1.807) is 31.3 Å². The van der Waals surface area contributed by atoms with E-state index in [2.05, 4.69) is 15.1 Å². The fourth-order valence-electron chi connectivity index (χ4n) is 6.50. The van der Waals surface area contributed by atoms with Crippen molar-refractivity contribution in [3.05, 3.63) is 65.2 Å². The first-order valence-electron chi connectivity index (χ1n) is 13.9. The Hall–Kier alpha value is -1.84. The predicted molar refractivity (Wildman–Crippen MR) is 158 cm³/mol. The standard InChI is InChI=1S/C29H39ClN4O3S.ClH/c1-32(38(36,37)26-10-3-2-4-11-26)21-23(22-8-7-9-24(30)20-22)14-17-33-18-15-25(16-19-33)34-28-13-6-5-12-27(28)31-29(34)35;/h2-4,7-11,20,23,25,27-28H,5-6,12-19,21H2,1H3,(H,31,35);1H. The Morgan fingerprint density at radius 1 is 1.03 bits per heavy atom.